The zero-order valence-electron chi connectivity index (χ0n) is 25.1. The van der Waals surface area contributed by atoms with E-state index in [1.807, 2.05) is 18.2 Å². The van der Waals surface area contributed by atoms with Crippen LogP contribution in [-0.2, 0) is 15.8 Å². The van der Waals surface area contributed by atoms with E-state index in [-0.39, 0.29) is 30.5 Å². The van der Waals surface area contributed by atoms with E-state index >= 15 is 0 Å². The van der Waals surface area contributed by atoms with Gasteiger partial charge in [0, 0.05) is 18.3 Å². The molecule has 0 radical (unpaired) electrons. The first-order valence-electron chi connectivity index (χ1n) is 15.0. The highest BCUT2D eigenvalue weighted by Gasteiger charge is 2.43. The average molecular weight is 685 g/mol. The topological polar surface area (TPSA) is 147 Å². The number of carboxylic acid groups (broad SMARTS) is 1. The van der Waals surface area contributed by atoms with Gasteiger partial charge in [-0.3, -0.25) is 19.6 Å². The highest BCUT2D eigenvalue weighted by molar-refractivity contribution is 6.12. The van der Waals surface area contributed by atoms with E-state index in [2.05, 4.69) is 20.3 Å². The van der Waals surface area contributed by atoms with Crippen molar-refractivity contribution in [3.8, 4) is 11.6 Å². The van der Waals surface area contributed by atoms with Crippen molar-refractivity contribution in [1.29, 1.82) is 0 Å². The molecule has 12 nitrogen and oxygen atoms in total. The first-order valence-corrected chi connectivity index (χ1v) is 15.0. The van der Waals surface area contributed by atoms with Crippen molar-refractivity contribution < 1.29 is 55.3 Å². The molecule has 2 saturated heterocycles. The van der Waals surface area contributed by atoms with E-state index in [9.17, 15) is 35.9 Å². The summed E-state index contributed by atoms with van der Waals surface area (Å²) in [6, 6.07) is 5.51. The highest BCUT2D eigenvalue weighted by atomic mass is 19.4. The Bertz CT molecular complexity index is 1640. The van der Waals surface area contributed by atoms with E-state index in [1.54, 1.807) is 0 Å². The normalized spacial score (nSPS) is 20.8. The van der Waals surface area contributed by atoms with Crippen molar-refractivity contribution in [2.75, 3.05) is 24.5 Å². The van der Waals surface area contributed by atoms with Crippen molar-refractivity contribution in [1.82, 2.24) is 25.2 Å². The molecule has 6 rings (SSSR count). The standard InChI is InChI=1S/C28H29F3N6O4.C2HF3O2/c29-28(30,31)17-11-19(14-33-13-17)36-15-25(38)37(27(36)39)18-1-3-20(4-2-18)41-26-23-6-5-22(12-24(23)34-16-35-26)40-21-7-9-32-10-8-21;3-2(4,5)1(6)7/h5-6,11-14,16,18,20-21,32H,1-4,7-10,15H2;(H,6,7)/t18-,20-;. The van der Waals surface area contributed by atoms with E-state index in [1.165, 1.54) is 11.2 Å². The second kappa shape index (κ2) is 14.2. The molecule has 3 aliphatic rings. The number of alkyl halides is 6. The van der Waals surface area contributed by atoms with Crippen LogP contribution in [0.15, 0.2) is 43.0 Å². The molecule has 258 valence electrons. The number of aliphatic carboxylic acids is 1. The number of nitrogens with one attached hydrogen (secondary N) is 1. The smallest absolute Gasteiger partial charge is 0.490 e. The van der Waals surface area contributed by atoms with Gasteiger partial charge in [0.1, 0.15) is 30.8 Å². The number of hydrogen-bond acceptors (Lipinski definition) is 9. The summed E-state index contributed by atoms with van der Waals surface area (Å²) in [5.74, 6) is -1.98. The van der Waals surface area contributed by atoms with Crippen LogP contribution in [0.3, 0.4) is 0 Å². The molecule has 3 fully saturated rings. The summed E-state index contributed by atoms with van der Waals surface area (Å²) in [6.07, 6.45) is -2.32. The monoisotopic (exact) mass is 684 g/mol. The van der Waals surface area contributed by atoms with Gasteiger partial charge in [-0.25, -0.2) is 19.6 Å². The summed E-state index contributed by atoms with van der Waals surface area (Å²) in [4.78, 5) is 49.3. The number of halogens is 6. The van der Waals surface area contributed by atoms with Crippen LogP contribution >= 0.6 is 0 Å². The first-order chi connectivity index (χ1) is 22.7. The molecule has 2 aliphatic heterocycles. The van der Waals surface area contributed by atoms with Gasteiger partial charge in [-0.05, 0) is 69.8 Å². The number of carboxylic acids is 1. The second-order valence-corrected chi connectivity index (χ2v) is 11.3. The Balaban J connectivity index is 0.000000582. The van der Waals surface area contributed by atoms with Gasteiger partial charge in [-0.1, -0.05) is 0 Å². The fourth-order valence-electron chi connectivity index (χ4n) is 5.67. The number of piperidine rings is 1. The number of urea groups is 1. The number of carbonyl (C=O) groups excluding carboxylic acids is 2. The fraction of sp³-hybridized carbons (Fsp3) is 0.467. The van der Waals surface area contributed by atoms with Crippen LogP contribution in [0.1, 0.15) is 44.1 Å². The number of fused-ring (bicyclic) bond motifs is 1. The highest BCUT2D eigenvalue weighted by Crippen LogP contribution is 2.35. The SMILES string of the molecule is O=C(O)C(F)(F)F.O=C1CN(c2cncc(C(F)(F)F)c2)C(=O)N1[C@H]1CC[C@H](Oc2ncnc3cc(OC4CCNCC4)ccc23)CC1. The van der Waals surface area contributed by atoms with Crippen LogP contribution < -0.4 is 19.7 Å². The van der Waals surface area contributed by atoms with Crippen LogP contribution in [0.2, 0.25) is 0 Å². The van der Waals surface area contributed by atoms with Crippen LogP contribution in [-0.4, -0.2) is 86.9 Å². The minimum Gasteiger partial charge on any atom is -0.490 e. The zero-order valence-corrected chi connectivity index (χ0v) is 25.1. The molecule has 2 aromatic heterocycles. The Hall–Kier alpha value is -4.74. The molecule has 2 N–H and O–H groups in total. The predicted octanol–water partition coefficient (Wildman–Crippen LogP) is 4.97. The second-order valence-electron chi connectivity index (χ2n) is 11.3. The molecule has 0 unspecified atom stereocenters. The number of amides is 3. The van der Waals surface area contributed by atoms with Gasteiger partial charge in [-0.2, -0.15) is 26.3 Å². The summed E-state index contributed by atoms with van der Waals surface area (Å²) in [6.45, 7) is 1.55. The molecule has 3 amide bonds. The molecule has 0 spiro atoms. The summed E-state index contributed by atoms with van der Waals surface area (Å²) in [5, 5.41) is 11.2. The Labute approximate surface area is 269 Å². The van der Waals surface area contributed by atoms with Crippen LogP contribution in [0.25, 0.3) is 10.9 Å². The van der Waals surface area contributed by atoms with Crippen molar-refractivity contribution in [3.63, 3.8) is 0 Å². The Morgan fingerprint density at radius 2 is 1.56 bits per heavy atom. The number of rotatable bonds is 6. The van der Waals surface area contributed by atoms with Gasteiger partial charge < -0.3 is 19.9 Å². The molecular formula is C30H30F6N6O6. The lowest BCUT2D eigenvalue weighted by Gasteiger charge is -2.33. The summed E-state index contributed by atoms with van der Waals surface area (Å²) < 4.78 is 83.5. The third kappa shape index (κ3) is 8.21. The van der Waals surface area contributed by atoms with Gasteiger partial charge in [0.15, 0.2) is 0 Å². The minimum absolute atomic E-state index is 0.0577. The molecule has 0 bridgehead atoms. The number of imide groups is 1. The van der Waals surface area contributed by atoms with Gasteiger partial charge in [0.2, 0.25) is 5.88 Å². The van der Waals surface area contributed by atoms with Gasteiger partial charge in [-0.15, -0.1) is 0 Å². The van der Waals surface area contributed by atoms with Crippen LogP contribution in [0.4, 0.5) is 36.8 Å². The number of pyridine rings is 1. The molecule has 4 heterocycles. The number of ether oxygens (including phenoxy) is 2. The maximum atomic E-state index is 13.1. The first kappa shape index (κ1) is 34.6. The van der Waals surface area contributed by atoms with Crippen molar-refractivity contribution in [3.05, 3.63) is 48.5 Å². The lowest BCUT2D eigenvalue weighted by atomic mass is 9.92. The molecule has 1 saturated carbocycles. The quantitative estimate of drug-likeness (QED) is 0.270. The van der Waals surface area contributed by atoms with Crippen molar-refractivity contribution in [2.24, 2.45) is 0 Å². The van der Waals surface area contributed by atoms with Crippen LogP contribution in [0.5, 0.6) is 11.6 Å². The molecular weight excluding hydrogens is 654 g/mol. The third-order valence-corrected chi connectivity index (χ3v) is 8.05. The molecule has 1 aliphatic carbocycles. The summed E-state index contributed by atoms with van der Waals surface area (Å²) in [5.41, 5.74) is -0.320. The van der Waals surface area contributed by atoms with E-state index in [0.29, 0.717) is 43.3 Å². The number of nitrogens with zero attached hydrogens (tertiary/aromatic N) is 5. The van der Waals surface area contributed by atoms with E-state index < -0.39 is 35.8 Å². The average Bonchev–Trinajstić information content (AvgIpc) is 3.34. The Kier molecular flexibility index (Phi) is 10.2. The summed E-state index contributed by atoms with van der Waals surface area (Å²) in [7, 11) is 0. The van der Waals surface area contributed by atoms with Crippen LogP contribution in [0, 0.1) is 0 Å². The molecule has 48 heavy (non-hydrogen) atoms. The number of benzene rings is 1. The molecule has 18 heteroatoms. The minimum atomic E-state index is -5.08. The van der Waals surface area contributed by atoms with Gasteiger partial charge >= 0.3 is 24.4 Å². The summed E-state index contributed by atoms with van der Waals surface area (Å²) >= 11 is 0. The van der Waals surface area contributed by atoms with E-state index in [0.717, 1.165) is 54.2 Å². The Morgan fingerprint density at radius 3 is 2.21 bits per heavy atom. The maximum Gasteiger partial charge on any atom is 0.490 e. The third-order valence-electron chi connectivity index (χ3n) is 8.05. The molecule has 1 aromatic carbocycles. The molecule has 0 atom stereocenters. The Morgan fingerprint density at radius 1 is 0.896 bits per heavy atom. The number of anilines is 1. The van der Waals surface area contributed by atoms with Crippen molar-refractivity contribution >= 4 is 34.5 Å². The molecule has 3 aromatic rings. The number of aromatic nitrogens is 3. The fourth-order valence-corrected chi connectivity index (χ4v) is 5.67. The lowest BCUT2D eigenvalue weighted by molar-refractivity contribution is -0.192. The predicted molar refractivity (Wildman–Crippen MR) is 155 cm³/mol. The zero-order chi connectivity index (χ0) is 34.6. The largest absolute Gasteiger partial charge is 0.490 e. The maximum absolute atomic E-state index is 13.1. The number of hydrogen-bond donors (Lipinski definition) is 2. The number of carbonyl (C=O) groups is 3. The van der Waals surface area contributed by atoms with Gasteiger partial charge in [0.05, 0.1) is 28.4 Å². The van der Waals surface area contributed by atoms with Gasteiger partial charge in [0.25, 0.3) is 5.91 Å². The van der Waals surface area contributed by atoms with Crippen molar-refractivity contribution in [2.45, 2.75) is 69.1 Å². The van der Waals surface area contributed by atoms with E-state index in [4.69, 9.17) is 19.4 Å². The lowest BCUT2D eigenvalue weighted by Crippen LogP contribution is -2.44.